The number of fused-ring (bicyclic) bond motifs is 4. The third-order valence-corrected chi connectivity index (χ3v) is 10.9. The number of ketones is 3. The van der Waals surface area contributed by atoms with Crippen molar-refractivity contribution < 1.29 is 14.4 Å². The van der Waals surface area contributed by atoms with Crippen LogP contribution in [-0.2, 0) is 14.4 Å². The molecule has 0 bridgehead atoms. The van der Waals surface area contributed by atoms with Crippen LogP contribution in [0.2, 0.25) is 0 Å². The smallest absolute Gasteiger partial charge is 0.159 e. The number of carbonyl (C=O) groups is 3. The van der Waals surface area contributed by atoms with Crippen LogP contribution in [0.4, 0.5) is 0 Å². The maximum Gasteiger partial charge on any atom is 0.159 e. The Labute approximate surface area is 194 Å². The fraction of sp³-hybridized carbons (Fsp3) is 0.759. The summed E-state index contributed by atoms with van der Waals surface area (Å²) >= 11 is 0. The molecule has 0 heterocycles. The molecule has 2 fully saturated rings. The van der Waals surface area contributed by atoms with E-state index in [0.717, 1.165) is 44.1 Å². The van der Waals surface area contributed by atoms with E-state index in [2.05, 4.69) is 41.5 Å². The quantitative estimate of drug-likeness (QED) is 0.461. The number of Topliss-reactive ketones (excluding diaryl/α,β-unsaturated/α-hetero) is 2. The van der Waals surface area contributed by atoms with Gasteiger partial charge in [-0.25, -0.2) is 0 Å². The van der Waals surface area contributed by atoms with Gasteiger partial charge in [-0.2, -0.15) is 0 Å². The van der Waals surface area contributed by atoms with Gasteiger partial charge in [-0.05, 0) is 80.1 Å². The van der Waals surface area contributed by atoms with Gasteiger partial charge in [0.1, 0.15) is 5.78 Å². The van der Waals surface area contributed by atoms with Crippen LogP contribution >= 0.6 is 0 Å². The molecule has 3 heteroatoms. The van der Waals surface area contributed by atoms with Crippen LogP contribution in [0.25, 0.3) is 0 Å². The molecule has 0 saturated heterocycles. The fourth-order valence-corrected chi connectivity index (χ4v) is 8.73. The SMILES string of the molecule is CC(=O)/C=C/C[C@@H](C)[C@H]1CC[C@@]2(C)C3=C(CC[C@]12C)[C@@]1(C)CCC(=O)C(C)(C)[C@@H]1CC3=O. The molecule has 4 rings (SSSR count). The average molecular weight is 439 g/mol. The Hall–Kier alpha value is -1.51. The first kappa shape index (κ1) is 23.6. The van der Waals surface area contributed by atoms with Gasteiger partial charge in [-0.15, -0.1) is 0 Å². The molecule has 3 nitrogen and oxygen atoms in total. The lowest BCUT2D eigenvalue weighted by atomic mass is 9.43. The van der Waals surface area contributed by atoms with E-state index in [1.165, 1.54) is 5.57 Å². The highest BCUT2D eigenvalue weighted by molar-refractivity contribution is 6.00. The highest BCUT2D eigenvalue weighted by Gasteiger charge is 2.65. The van der Waals surface area contributed by atoms with Gasteiger partial charge in [0.25, 0.3) is 0 Å². The van der Waals surface area contributed by atoms with Crippen LogP contribution in [-0.4, -0.2) is 17.3 Å². The van der Waals surface area contributed by atoms with Crippen molar-refractivity contribution in [3.8, 4) is 0 Å². The number of hydrogen-bond acceptors (Lipinski definition) is 3. The van der Waals surface area contributed by atoms with Crippen molar-refractivity contribution in [3.63, 3.8) is 0 Å². The maximum absolute atomic E-state index is 13.8. The number of rotatable bonds is 4. The molecule has 0 aromatic heterocycles. The van der Waals surface area contributed by atoms with Crippen molar-refractivity contribution in [3.05, 3.63) is 23.3 Å². The molecular formula is C29H42O3. The van der Waals surface area contributed by atoms with E-state index < -0.39 is 5.41 Å². The summed E-state index contributed by atoms with van der Waals surface area (Å²) in [6, 6.07) is 0. The third-order valence-electron chi connectivity index (χ3n) is 10.9. The Balaban J connectivity index is 1.73. The van der Waals surface area contributed by atoms with Gasteiger partial charge < -0.3 is 0 Å². The molecular weight excluding hydrogens is 396 g/mol. The maximum atomic E-state index is 13.8. The Bertz CT molecular complexity index is 921. The zero-order valence-electron chi connectivity index (χ0n) is 21.3. The van der Waals surface area contributed by atoms with Crippen molar-refractivity contribution in [2.45, 2.75) is 99.8 Å². The van der Waals surface area contributed by atoms with Gasteiger partial charge >= 0.3 is 0 Å². The molecule has 0 amide bonds. The zero-order valence-corrected chi connectivity index (χ0v) is 21.3. The summed E-state index contributed by atoms with van der Waals surface area (Å²) < 4.78 is 0. The van der Waals surface area contributed by atoms with E-state index in [9.17, 15) is 14.4 Å². The lowest BCUT2D eigenvalue weighted by Crippen LogP contribution is -2.56. The molecule has 176 valence electrons. The molecule has 32 heavy (non-hydrogen) atoms. The molecule has 6 atom stereocenters. The first-order valence-corrected chi connectivity index (χ1v) is 12.8. The zero-order chi connectivity index (χ0) is 23.7. The van der Waals surface area contributed by atoms with E-state index in [4.69, 9.17) is 0 Å². The molecule has 4 aliphatic rings. The summed E-state index contributed by atoms with van der Waals surface area (Å²) in [6.45, 7) is 15.3. The molecule has 0 radical (unpaired) electrons. The predicted molar refractivity (Wildman–Crippen MR) is 128 cm³/mol. The van der Waals surface area contributed by atoms with Crippen LogP contribution in [0.15, 0.2) is 23.3 Å². The molecule has 0 N–H and O–H groups in total. The highest BCUT2D eigenvalue weighted by Crippen LogP contribution is 2.71. The Morgan fingerprint density at radius 1 is 1.06 bits per heavy atom. The minimum atomic E-state index is -0.418. The lowest BCUT2D eigenvalue weighted by molar-refractivity contribution is -0.142. The largest absolute Gasteiger partial charge is 0.299 e. The van der Waals surface area contributed by atoms with Gasteiger partial charge in [0.05, 0.1) is 0 Å². The van der Waals surface area contributed by atoms with E-state index in [1.54, 1.807) is 13.0 Å². The summed E-state index contributed by atoms with van der Waals surface area (Å²) in [7, 11) is 0. The second kappa shape index (κ2) is 7.50. The molecule has 0 aliphatic heterocycles. The second-order valence-electron chi connectivity index (χ2n) is 12.7. The van der Waals surface area contributed by atoms with Crippen molar-refractivity contribution in [2.75, 3.05) is 0 Å². The van der Waals surface area contributed by atoms with Gasteiger partial charge in [-0.1, -0.05) is 53.2 Å². The molecule has 0 aromatic carbocycles. The summed E-state index contributed by atoms with van der Waals surface area (Å²) in [5.74, 6) is 1.94. The third kappa shape index (κ3) is 3.09. The Morgan fingerprint density at radius 2 is 1.75 bits per heavy atom. The van der Waals surface area contributed by atoms with Crippen molar-refractivity contribution in [1.82, 2.24) is 0 Å². The summed E-state index contributed by atoms with van der Waals surface area (Å²) in [6.07, 6.45) is 11.1. The second-order valence-corrected chi connectivity index (χ2v) is 12.7. The molecule has 0 aromatic rings. The van der Waals surface area contributed by atoms with E-state index in [-0.39, 0.29) is 27.9 Å². The lowest BCUT2D eigenvalue weighted by Gasteiger charge is -2.60. The molecule has 0 spiro atoms. The van der Waals surface area contributed by atoms with Gasteiger partial charge in [0.2, 0.25) is 0 Å². The fourth-order valence-electron chi connectivity index (χ4n) is 8.73. The van der Waals surface area contributed by atoms with Crippen LogP contribution in [0.5, 0.6) is 0 Å². The van der Waals surface area contributed by atoms with Crippen molar-refractivity contribution in [1.29, 1.82) is 0 Å². The molecule has 0 unspecified atom stereocenters. The van der Waals surface area contributed by atoms with E-state index >= 15 is 0 Å². The van der Waals surface area contributed by atoms with Crippen molar-refractivity contribution in [2.24, 2.45) is 39.4 Å². The highest BCUT2D eigenvalue weighted by atomic mass is 16.1. The van der Waals surface area contributed by atoms with Crippen molar-refractivity contribution >= 4 is 17.3 Å². The van der Waals surface area contributed by atoms with Crippen LogP contribution in [0.1, 0.15) is 99.8 Å². The summed E-state index contributed by atoms with van der Waals surface area (Å²) in [4.78, 5) is 37.9. The Morgan fingerprint density at radius 3 is 2.41 bits per heavy atom. The van der Waals surface area contributed by atoms with Gasteiger partial charge in [0.15, 0.2) is 11.6 Å². The topological polar surface area (TPSA) is 51.2 Å². The predicted octanol–water partition coefficient (Wildman–Crippen LogP) is 6.66. The normalized spacial score (nSPS) is 42.0. The van der Waals surface area contributed by atoms with Crippen LogP contribution < -0.4 is 0 Å². The van der Waals surface area contributed by atoms with Gasteiger partial charge in [-0.3, -0.25) is 14.4 Å². The van der Waals surface area contributed by atoms with Crippen LogP contribution in [0, 0.1) is 39.4 Å². The first-order valence-electron chi connectivity index (χ1n) is 12.8. The van der Waals surface area contributed by atoms with Gasteiger partial charge in [0, 0.05) is 29.2 Å². The summed E-state index contributed by atoms with van der Waals surface area (Å²) in [5, 5.41) is 0. The monoisotopic (exact) mass is 438 g/mol. The number of hydrogen-bond donors (Lipinski definition) is 0. The Kier molecular flexibility index (Phi) is 5.54. The minimum absolute atomic E-state index is 0.0288. The number of carbonyl (C=O) groups excluding carboxylic acids is 3. The summed E-state index contributed by atoms with van der Waals surface area (Å²) in [5.41, 5.74) is 2.14. The molecule has 2 saturated carbocycles. The minimum Gasteiger partial charge on any atom is -0.299 e. The molecule has 4 aliphatic carbocycles. The van der Waals surface area contributed by atoms with E-state index in [1.807, 2.05) is 6.08 Å². The average Bonchev–Trinajstić information content (AvgIpc) is 2.98. The number of allylic oxidation sites excluding steroid dienone is 4. The van der Waals surface area contributed by atoms with E-state index in [0.29, 0.717) is 36.2 Å². The first-order chi connectivity index (χ1) is 14.8. The standard InChI is InChI=1S/C29H42O3/c1-18(9-8-10-19(2)30)20-11-16-29(7)25-21(12-15-28(20,29)6)27(5)14-13-24(32)26(3,4)23(27)17-22(25)31/h8,10,18,20,23H,9,11-17H2,1-7H3/b10-8+/t18-,20-,23+,27-,28-,29+/m1/s1. The van der Waals surface area contributed by atoms with Crippen LogP contribution in [0.3, 0.4) is 0 Å².